The SMILES string of the molecule is FCc1nsc(CC2CC3(CNC3)C2)n1. The number of aromatic nitrogens is 2. The van der Waals surface area contributed by atoms with E-state index >= 15 is 0 Å². The molecule has 1 aliphatic heterocycles. The van der Waals surface area contributed by atoms with Gasteiger partial charge in [-0.15, -0.1) is 0 Å². The Morgan fingerprint density at radius 2 is 2.27 bits per heavy atom. The Kier molecular flexibility index (Phi) is 2.25. The highest BCUT2D eigenvalue weighted by molar-refractivity contribution is 7.05. The van der Waals surface area contributed by atoms with Crippen molar-refractivity contribution in [3.63, 3.8) is 0 Å². The third-order valence-corrected chi connectivity index (χ3v) is 4.31. The van der Waals surface area contributed by atoms with Crippen LogP contribution in [0.3, 0.4) is 0 Å². The van der Waals surface area contributed by atoms with Gasteiger partial charge in [-0.2, -0.15) is 4.37 Å². The molecule has 3 nitrogen and oxygen atoms in total. The van der Waals surface area contributed by atoms with Gasteiger partial charge in [0.25, 0.3) is 0 Å². The second-order valence-corrected chi connectivity index (χ2v) is 5.66. The first kappa shape index (κ1) is 9.66. The predicted molar refractivity (Wildman–Crippen MR) is 56.5 cm³/mol. The van der Waals surface area contributed by atoms with Crippen LogP contribution < -0.4 is 5.32 Å². The lowest BCUT2D eigenvalue weighted by Gasteiger charge is -2.54. The minimum absolute atomic E-state index is 0.356. The Balaban J connectivity index is 1.54. The van der Waals surface area contributed by atoms with Crippen molar-refractivity contribution in [3.05, 3.63) is 10.8 Å². The van der Waals surface area contributed by atoms with Gasteiger partial charge in [-0.1, -0.05) is 0 Å². The summed E-state index contributed by atoms with van der Waals surface area (Å²) in [7, 11) is 0. The first-order valence-corrected chi connectivity index (χ1v) is 6.15. The monoisotopic (exact) mass is 227 g/mol. The summed E-state index contributed by atoms with van der Waals surface area (Å²) < 4.78 is 16.2. The summed E-state index contributed by atoms with van der Waals surface area (Å²) in [6.07, 6.45) is 3.62. The zero-order valence-corrected chi connectivity index (χ0v) is 9.32. The largest absolute Gasteiger partial charge is 0.316 e. The molecule has 0 unspecified atom stereocenters. The van der Waals surface area contributed by atoms with E-state index in [-0.39, 0.29) is 0 Å². The summed E-state index contributed by atoms with van der Waals surface area (Å²) in [5.41, 5.74) is 0.623. The van der Waals surface area contributed by atoms with Gasteiger partial charge in [-0.05, 0) is 35.7 Å². The van der Waals surface area contributed by atoms with E-state index in [0.29, 0.717) is 11.2 Å². The van der Waals surface area contributed by atoms with E-state index < -0.39 is 6.67 Å². The molecule has 0 amide bonds. The summed E-state index contributed by atoms with van der Waals surface area (Å²) in [6.45, 7) is 1.85. The highest BCUT2D eigenvalue weighted by atomic mass is 32.1. The van der Waals surface area contributed by atoms with Crippen LogP contribution in [0.4, 0.5) is 4.39 Å². The topological polar surface area (TPSA) is 37.8 Å². The molecule has 1 saturated heterocycles. The zero-order chi connectivity index (χ0) is 10.3. The van der Waals surface area contributed by atoms with Gasteiger partial charge in [-0.3, -0.25) is 0 Å². The number of nitrogens with zero attached hydrogens (tertiary/aromatic N) is 2. The summed E-state index contributed by atoms with van der Waals surface area (Å²) in [5.74, 6) is 1.11. The Hall–Kier alpha value is -0.550. The molecule has 2 aliphatic rings. The minimum Gasteiger partial charge on any atom is -0.316 e. The highest BCUT2D eigenvalue weighted by Crippen LogP contribution is 2.49. The molecule has 2 heterocycles. The Labute approximate surface area is 92.3 Å². The number of alkyl halides is 1. The predicted octanol–water partition coefficient (Wildman–Crippen LogP) is 1.55. The maximum absolute atomic E-state index is 12.2. The van der Waals surface area contributed by atoms with Crippen molar-refractivity contribution in [2.75, 3.05) is 13.1 Å². The number of hydrogen-bond donors (Lipinski definition) is 1. The molecule has 0 bridgehead atoms. The molecular weight excluding hydrogens is 213 g/mol. The van der Waals surface area contributed by atoms with Crippen LogP contribution in [0.5, 0.6) is 0 Å². The Bertz CT molecular complexity index is 353. The number of halogens is 1. The van der Waals surface area contributed by atoms with E-state index in [9.17, 15) is 4.39 Å². The molecule has 1 aromatic heterocycles. The third kappa shape index (κ3) is 1.67. The lowest BCUT2D eigenvalue weighted by molar-refractivity contribution is 0.000859. The second kappa shape index (κ2) is 3.49. The fourth-order valence-corrected chi connectivity index (χ4v) is 3.51. The quantitative estimate of drug-likeness (QED) is 0.851. The van der Waals surface area contributed by atoms with Gasteiger partial charge >= 0.3 is 0 Å². The molecule has 1 saturated carbocycles. The number of nitrogens with one attached hydrogen (secondary N) is 1. The van der Waals surface area contributed by atoms with Gasteiger partial charge in [0.05, 0.1) is 0 Å². The van der Waals surface area contributed by atoms with Crippen molar-refractivity contribution in [2.24, 2.45) is 11.3 Å². The van der Waals surface area contributed by atoms with Gasteiger partial charge in [0.1, 0.15) is 5.01 Å². The van der Waals surface area contributed by atoms with Gasteiger partial charge in [-0.25, -0.2) is 9.37 Å². The normalized spacial score (nSPS) is 23.8. The minimum atomic E-state index is -0.533. The van der Waals surface area contributed by atoms with Crippen LogP contribution in [0.2, 0.25) is 0 Å². The van der Waals surface area contributed by atoms with E-state index in [4.69, 9.17) is 0 Å². The molecule has 5 heteroatoms. The van der Waals surface area contributed by atoms with Crippen LogP contribution in [-0.4, -0.2) is 22.4 Å². The Morgan fingerprint density at radius 1 is 1.47 bits per heavy atom. The van der Waals surface area contributed by atoms with Crippen molar-refractivity contribution < 1.29 is 4.39 Å². The van der Waals surface area contributed by atoms with E-state index in [2.05, 4.69) is 14.7 Å². The standard InChI is InChI=1S/C10H14FN3S/c11-4-8-13-9(15-14-8)1-7-2-10(3-7)5-12-6-10/h7,12H,1-6H2. The molecule has 0 radical (unpaired) electrons. The first-order chi connectivity index (χ1) is 7.30. The molecule has 0 aromatic carbocycles. The average molecular weight is 227 g/mol. The lowest BCUT2D eigenvalue weighted by Crippen LogP contribution is -2.60. The van der Waals surface area contributed by atoms with Crippen LogP contribution >= 0.6 is 11.5 Å². The molecule has 15 heavy (non-hydrogen) atoms. The van der Waals surface area contributed by atoms with Gasteiger partial charge in [0.2, 0.25) is 0 Å². The molecule has 82 valence electrons. The number of rotatable bonds is 3. The van der Waals surface area contributed by atoms with E-state index in [0.717, 1.165) is 17.3 Å². The summed E-state index contributed by atoms with van der Waals surface area (Å²) in [6, 6.07) is 0. The highest BCUT2D eigenvalue weighted by Gasteiger charge is 2.48. The van der Waals surface area contributed by atoms with Crippen molar-refractivity contribution >= 4 is 11.5 Å². The first-order valence-electron chi connectivity index (χ1n) is 5.38. The van der Waals surface area contributed by atoms with E-state index in [1.165, 1.54) is 37.5 Å². The van der Waals surface area contributed by atoms with Crippen LogP contribution in [-0.2, 0) is 13.1 Å². The maximum Gasteiger partial charge on any atom is 0.173 e. The van der Waals surface area contributed by atoms with Crippen molar-refractivity contribution in [2.45, 2.75) is 25.9 Å². The molecule has 0 atom stereocenters. The summed E-state index contributed by atoms with van der Waals surface area (Å²) >= 11 is 1.36. The van der Waals surface area contributed by atoms with Crippen molar-refractivity contribution in [1.82, 2.24) is 14.7 Å². The van der Waals surface area contributed by atoms with E-state index in [1.54, 1.807) is 0 Å². The van der Waals surface area contributed by atoms with Gasteiger partial charge in [0.15, 0.2) is 12.5 Å². The van der Waals surface area contributed by atoms with Crippen LogP contribution in [0.25, 0.3) is 0 Å². The van der Waals surface area contributed by atoms with Crippen molar-refractivity contribution in [3.8, 4) is 0 Å². The van der Waals surface area contributed by atoms with E-state index in [1.807, 2.05) is 0 Å². The zero-order valence-electron chi connectivity index (χ0n) is 8.50. The molecule has 3 rings (SSSR count). The summed E-state index contributed by atoms with van der Waals surface area (Å²) in [4.78, 5) is 4.16. The molecule has 2 fully saturated rings. The fraction of sp³-hybridized carbons (Fsp3) is 0.800. The molecule has 1 spiro atoms. The maximum atomic E-state index is 12.2. The fourth-order valence-electron chi connectivity index (χ4n) is 2.75. The molecule has 1 aliphatic carbocycles. The lowest BCUT2D eigenvalue weighted by atomic mass is 9.58. The smallest absolute Gasteiger partial charge is 0.173 e. The van der Waals surface area contributed by atoms with Crippen molar-refractivity contribution in [1.29, 1.82) is 0 Å². The van der Waals surface area contributed by atoms with Gasteiger partial charge in [0, 0.05) is 19.5 Å². The molecule has 1 aromatic rings. The van der Waals surface area contributed by atoms with Gasteiger partial charge < -0.3 is 5.32 Å². The van der Waals surface area contributed by atoms with Crippen LogP contribution in [0.15, 0.2) is 0 Å². The second-order valence-electron chi connectivity index (χ2n) is 4.82. The average Bonchev–Trinajstić information content (AvgIpc) is 2.55. The molecular formula is C10H14FN3S. The summed E-state index contributed by atoms with van der Waals surface area (Å²) in [5, 5.41) is 4.34. The Morgan fingerprint density at radius 3 is 2.80 bits per heavy atom. The number of hydrogen-bond acceptors (Lipinski definition) is 4. The third-order valence-electron chi connectivity index (χ3n) is 3.54. The van der Waals surface area contributed by atoms with Crippen LogP contribution in [0, 0.1) is 11.3 Å². The molecule has 1 N–H and O–H groups in total. The van der Waals surface area contributed by atoms with Crippen LogP contribution in [0.1, 0.15) is 23.7 Å².